The molecule has 0 bridgehead atoms. The number of hydrogen-bond acceptors (Lipinski definition) is 10. The van der Waals surface area contributed by atoms with Gasteiger partial charge in [-0.05, 0) is 39.7 Å². The molecule has 1 aromatic heterocycles. The van der Waals surface area contributed by atoms with Crippen LogP contribution in [-0.2, 0) is 50.4 Å². The zero-order chi connectivity index (χ0) is 30.2. The molecule has 1 atom stereocenters. The largest absolute Gasteiger partial charge is 0.466 e. The maximum Gasteiger partial charge on any atom is 0.362 e. The highest BCUT2D eigenvalue weighted by molar-refractivity contribution is 6.04. The molecular weight excluding hydrogens is 554 g/mol. The van der Waals surface area contributed by atoms with Gasteiger partial charge in [0.15, 0.2) is 6.29 Å². The third-order valence-electron chi connectivity index (χ3n) is 6.97. The summed E-state index contributed by atoms with van der Waals surface area (Å²) in [5.41, 5.74) is -7.10. The topological polar surface area (TPSA) is 118 Å². The molecule has 0 radical (unpaired) electrons. The van der Waals surface area contributed by atoms with Crippen LogP contribution in [0.15, 0.2) is 18.2 Å². The van der Waals surface area contributed by atoms with E-state index in [0.29, 0.717) is 6.42 Å². The number of methoxy groups -OCH3 is 2. The van der Waals surface area contributed by atoms with Gasteiger partial charge in [-0.15, -0.1) is 0 Å². The van der Waals surface area contributed by atoms with Crippen LogP contribution in [0.25, 0.3) is 0 Å². The molecular formula is C27H31F4N3O7. The number of benzene rings is 1. The Balaban J connectivity index is 1.86. The number of aryl methyl sites for hydroxylation is 1. The van der Waals surface area contributed by atoms with Gasteiger partial charge in [0, 0.05) is 12.2 Å². The molecule has 2 aromatic rings. The van der Waals surface area contributed by atoms with E-state index in [0.717, 1.165) is 20.3 Å². The molecule has 4 rings (SSSR count). The fraction of sp³-hybridized carbons (Fsp3) is 0.556. The monoisotopic (exact) mass is 585 g/mol. The quantitative estimate of drug-likeness (QED) is 0.262. The number of rotatable bonds is 9. The number of halogens is 4. The predicted molar refractivity (Wildman–Crippen MR) is 134 cm³/mol. The highest BCUT2D eigenvalue weighted by Crippen LogP contribution is 2.44. The van der Waals surface area contributed by atoms with E-state index in [9.17, 15) is 9.59 Å². The van der Waals surface area contributed by atoms with Crippen LogP contribution in [0.5, 0.6) is 0 Å². The third-order valence-corrected chi connectivity index (χ3v) is 6.97. The van der Waals surface area contributed by atoms with Crippen LogP contribution in [0, 0.1) is 12.7 Å². The number of carbonyl (C=O) groups is 2. The van der Waals surface area contributed by atoms with E-state index in [1.54, 1.807) is 0 Å². The second-order valence-electron chi connectivity index (χ2n) is 10.1. The van der Waals surface area contributed by atoms with Gasteiger partial charge in [0.1, 0.15) is 29.3 Å². The maximum atomic E-state index is 16.4. The van der Waals surface area contributed by atoms with Gasteiger partial charge in [0.05, 0.1) is 44.1 Å². The third kappa shape index (κ3) is 5.47. The van der Waals surface area contributed by atoms with Gasteiger partial charge in [-0.1, -0.05) is 12.1 Å². The van der Waals surface area contributed by atoms with Crippen molar-refractivity contribution >= 4 is 17.8 Å². The molecule has 3 heterocycles. The number of ether oxygens (including phenoxy) is 5. The Morgan fingerprint density at radius 1 is 0.976 bits per heavy atom. The molecule has 2 aliphatic heterocycles. The molecule has 2 aliphatic rings. The van der Waals surface area contributed by atoms with Gasteiger partial charge >= 0.3 is 23.5 Å². The number of aromatic nitrogens is 2. The lowest BCUT2D eigenvalue weighted by atomic mass is 9.88. The van der Waals surface area contributed by atoms with E-state index >= 15 is 17.6 Å². The van der Waals surface area contributed by atoms with Crippen molar-refractivity contribution in [1.82, 2.24) is 9.97 Å². The summed E-state index contributed by atoms with van der Waals surface area (Å²) in [4.78, 5) is 33.6. The summed E-state index contributed by atoms with van der Waals surface area (Å²) in [7, 11) is 1.75. The molecule has 0 amide bonds. The van der Waals surface area contributed by atoms with Crippen LogP contribution in [0.2, 0.25) is 0 Å². The summed E-state index contributed by atoms with van der Waals surface area (Å²) < 4.78 is 88.1. The van der Waals surface area contributed by atoms with Crippen molar-refractivity contribution in [3.8, 4) is 0 Å². The van der Waals surface area contributed by atoms with Gasteiger partial charge < -0.3 is 29.0 Å². The molecule has 10 nitrogen and oxygen atoms in total. The van der Waals surface area contributed by atoms with Gasteiger partial charge in [-0.3, -0.25) is 0 Å². The minimum atomic E-state index is -3.60. The molecule has 0 aliphatic carbocycles. The first kappa shape index (κ1) is 30.6. The number of hydrogen-bond donors (Lipinski definition) is 1. The van der Waals surface area contributed by atoms with Crippen molar-refractivity contribution in [3.05, 3.63) is 52.2 Å². The average Bonchev–Trinajstić information content (AvgIpc) is 3.66. The van der Waals surface area contributed by atoms with Crippen molar-refractivity contribution in [2.75, 3.05) is 39.4 Å². The smallest absolute Gasteiger partial charge is 0.362 e. The van der Waals surface area contributed by atoms with E-state index in [4.69, 9.17) is 14.2 Å². The van der Waals surface area contributed by atoms with Crippen LogP contribution in [0.1, 0.15) is 61.2 Å². The van der Waals surface area contributed by atoms with E-state index in [2.05, 4.69) is 24.8 Å². The van der Waals surface area contributed by atoms with Crippen molar-refractivity contribution in [2.45, 2.75) is 63.1 Å². The first-order valence-electron chi connectivity index (χ1n) is 12.8. The van der Waals surface area contributed by atoms with Crippen LogP contribution in [-0.4, -0.2) is 62.1 Å². The SMILES string of the molecule is COC(=O)C(F)(C(=O)OC)c1nc(C)nc(NC(C)(C)c2cccc(C(F)(F)[C@@H]3CCCO3)c2F)c1C1OCCO1. The number of nitrogens with one attached hydrogen (secondary N) is 1. The maximum absolute atomic E-state index is 16.4. The second kappa shape index (κ2) is 11.5. The molecule has 0 unspecified atom stereocenters. The molecule has 1 N–H and O–H groups in total. The highest BCUT2D eigenvalue weighted by atomic mass is 19.3. The Morgan fingerprint density at radius 2 is 1.59 bits per heavy atom. The van der Waals surface area contributed by atoms with Gasteiger partial charge in [0.2, 0.25) is 0 Å². The van der Waals surface area contributed by atoms with Gasteiger partial charge in [-0.25, -0.2) is 28.3 Å². The molecule has 14 heteroatoms. The van der Waals surface area contributed by atoms with Gasteiger partial charge in [0.25, 0.3) is 0 Å². The Kier molecular flexibility index (Phi) is 8.58. The first-order chi connectivity index (χ1) is 19.3. The van der Waals surface area contributed by atoms with E-state index < -0.39 is 58.5 Å². The number of esters is 2. The summed E-state index contributed by atoms with van der Waals surface area (Å²) in [6, 6.07) is 3.61. The summed E-state index contributed by atoms with van der Waals surface area (Å²) in [6.07, 6.45) is -2.30. The van der Waals surface area contributed by atoms with E-state index in [1.165, 1.54) is 32.9 Å². The summed E-state index contributed by atoms with van der Waals surface area (Å²) in [5, 5.41) is 2.94. The molecule has 41 heavy (non-hydrogen) atoms. The predicted octanol–water partition coefficient (Wildman–Crippen LogP) is 4.10. The van der Waals surface area contributed by atoms with Crippen molar-refractivity contribution < 1.29 is 50.8 Å². The zero-order valence-corrected chi connectivity index (χ0v) is 23.2. The van der Waals surface area contributed by atoms with Crippen LogP contribution in [0.4, 0.5) is 23.4 Å². The molecule has 0 saturated carbocycles. The molecule has 1 aromatic carbocycles. The van der Waals surface area contributed by atoms with E-state index in [-0.39, 0.29) is 49.0 Å². The van der Waals surface area contributed by atoms with Crippen molar-refractivity contribution in [3.63, 3.8) is 0 Å². The molecule has 2 saturated heterocycles. The summed E-state index contributed by atoms with van der Waals surface area (Å²) >= 11 is 0. The Labute approximate surface area is 233 Å². The Morgan fingerprint density at radius 3 is 2.15 bits per heavy atom. The van der Waals surface area contributed by atoms with Crippen molar-refractivity contribution in [1.29, 1.82) is 0 Å². The molecule has 2 fully saturated rings. The zero-order valence-electron chi connectivity index (χ0n) is 23.2. The lowest BCUT2D eigenvalue weighted by Crippen LogP contribution is -2.44. The fourth-order valence-electron chi connectivity index (χ4n) is 4.92. The summed E-state index contributed by atoms with van der Waals surface area (Å²) in [6.45, 7) is 4.64. The summed E-state index contributed by atoms with van der Waals surface area (Å²) in [5.74, 6) is -8.32. The highest BCUT2D eigenvalue weighted by Gasteiger charge is 2.56. The lowest BCUT2D eigenvalue weighted by Gasteiger charge is -2.32. The van der Waals surface area contributed by atoms with E-state index in [1.807, 2.05) is 0 Å². The number of anilines is 1. The molecule has 0 spiro atoms. The van der Waals surface area contributed by atoms with Crippen molar-refractivity contribution in [2.24, 2.45) is 0 Å². The molecule has 224 valence electrons. The average molecular weight is 586 g/mol. The van der Waals surface area contributed by atoms with Crippen LogP contribution < -0.4 is 5.32 Å². The number of alkyl halides is 3. The van der Waals surface area contributed by atoms with Gasteiger partial charge in [-0.2, -0.15) is 8.78 Å². The minimum absolute atomic E-state index is 0.0749. The Hall–Kier alpha value is -3.36. The standard InChI is InChI=1S/C27H31F4N3O7/c1-14-32-20(26(29,23(35)37-4)24(36)38-5)18(22-40-12-13-41-22)21(33-14)34-25(2,3)15-8-6-9-16(19(15)28)27(30,31)17-10-7-11-39-17/h6,8-9,17,22H,7,10-13H2,1-5H3,(H,32,33,34)/t17-/m0/s1. The number of carbonyl (C=O) groups excluding carboxylic acids is 2. The normalized spacial score (nSPS) is 18.4. The fourth-order valence-corrected chi connectivity index (χ4v) is 4.92. The van der Waals surface area contributed by atoms with Crippen LogP contribution >= 0.6 is 0 Å². The lowest BCUT2D eigenvalue weighted by molar-refractivity contribution is -0.173. The minimum Gasteiger partial charge on any atom is -0.466 e. The number of nitrogens with zero attached hydrogens (tertiary/aromatic N) is 2. The Bertz CT molecular complexity index is 1300. The first-order valence-corrected chi connectivity index (χ1v) is 12.8. The second-order valence-corrected chi connectivity index (χ2v) is 10.1. The van der Waals surface area contributed by atoms with Crippen LogP contribution in [0.3, 0.4) is 0 Å².